The highest BCUT2D eigenvalue weighted by Gasteiger charge is 2.14. The first-order valence-corrected chi connectivity index (χ1v) is 8.25. The van der Waals surface area contributed by atoms with Crippen LogP contribution in [0.3, 0.4) is 0 Å². The average molecular weight is 373 g/mol. The molecule has 0 atom stereocenters. The molecule has 0 unspecified atom stereocenters. The van der Waals surface area contributed by atoms with E-state index in [0.29, 0.717) is 27.6 Å². The molecule has 26 heavy (non-hydrogen) atoms. The summed E-state index contributed by atoms with van der Waals surface area (Å²) in [5.74, 6) is 0.159. The largest absolute Gasteiger partial charge is 0.497 e. The summed E-state index contributed by atoms with van der Waals surface area (Å²) in [6, 6.07) is 10.1. The molecule has 3 rings (SSSR count). The van der Waals surface area contributed by atoms with Crippen LogP contribution in [0.2, 0.25) is 5.02 Å². The van der Waals surface area contributed by atoms with Crippen molar-refractivity contribution in [2.24, 2.45) is 0 Å². The van der Waals surface area contributed by atoms with Crippen LogP contribution in [-0.4, -0.2) is 26.0 Å². The number of amides is 2. The maximum atomic E-state index is 12.4. The number of hydrogen-bond donors (Lipinski definition) is 2. The molecule has 6 nitrogen and oxygen atoms in total. The molecule has 0 bridgehead atoms. The van der Waals surface area contributed by atoms with Gasteiger partial charge in [-0.05, 0) is 30.3 Å². The number of nitrogens with one attached hydrogen (secondary N) is 2. The Labute approximate surface area is 155 Å². The van der Waals surface area contributed by atoms with Crippen LogP contribution in [0, 0.1) is 0 Å². The van der Waals surface area contributed by atoms with Gasteiger partial charge in [-0.15, -0.1) is 0 Å². The lowest BCUT2D eigenvalue weighted by Crippen LogP contribution is -2.19. The van der Waals surface area contributed by atoms with Gasteiger partial charge in [0.2, 0.25) is 5.91 Å². The van der Waals surface area contributed by atoms with Crippen LogP contribution in [-0.2, 0) is 11.2 Å². The molecule has 134 valence electrons. The normalized spacial score (nSPS) is 10.6. The number of benzene rings is 2. The highest BCUT2D eigenvalue weighted by molar-refractivity contribution is 6.34. The maximum Gasteiger partial charge on any atom is 0.251 e. The van der Waals surface area contributed by atoms with Crippen molar-refractivity contribution >= 4 is 40.1 Å². The average Bonchev–Trinajstić information content (AvgIpc) is 3.04. The van der Waals surface area contributed by atoms with Gasteiger partial charge in [-0.2, -0.15) is 0 Å². The van der Waals surface area contributed by atoms with Crippen LogP contribution in [0.1, 0.15) is 15.9 Å². The highest BCUT2D eigenvalue weighted by Crippen LogP contribution is 2.27. The molecule has 2 aromatic carbocycles. The van der Waals surface area contributed by atoms with Crippen molar-refractivity contribution in [3.63, 3.8) is 0 Å². The fraction of sp³-hybridized carbons (Fsp3) is 0.158. The summed E-state index contributed by atoms with van der Waals surface area (Å²) in [6.07, 6.45) is 1.66. The van der Waals surface area contributed by atoms with Gasteiger partial charge in [0.25, 0.3) is 5.91 Å². The predicted octanol–water partition coefficient (Wildman–Crippen LogP) is 3.64. The summed E-state index contributed by atoms with van der Waals surface area (Å²) in [5, 5.41) is 6.46. The zero-order chi connectivity index (χ0) is 18.7. The molecule has 1 heterocycles. The quantitative estimate of drug-likeness (QED) is 0.716. The molecule has 7 heteroatoms. The van der Waals surface area contributed by atoms with Crippen molar-refractivity contribution < 1.29 is 18.7 Å². The van der Waals surface area contributed by atoms with E-state index in [1.165, 1.54) is 13.1 Å². The van der Waals surface area contributed by atoms with E-state index >= 15 is 0 Å². The van der Waals surface area contributed by atoms with E-state index in [9.17, 15) is 9.59 Å². The van der Waals surface area contributed by atoms with Gasteiger partial charge >= 0.3 is 0 Å². The van der Waals surface area contributed by atoms with Crippen LogP contribution < -0.4 is 15.4 Å². The molecule has 0 fully saturated rings. The van der Waals surface area contributed by atoms with Gasteiger partial charge in [0, 0.05) is 29.6 Å². The van der Waals surface area contributed by atoms with E-state index in [0.717, 1.165) is 10.9 Å². The molecular formula is C19H17ClN2O4. The van der Waals surface area contributed by atoms with Crippen molar-refractivity contribution in [3.05, 3.63) is 58.8 Å². The molecule has 0 aliphatic heterocycles. The van der Waals surface area contributed by atoms with Crippen LogP contribution in [0.15, 0.2) is 47.1 Å². The highest BCUT2D eigenvalue weighted by atomic mass is 35.5. The molecule has 2 amide bonds. The van der Waals surface area contributed by atoms with Crippen molar-refractivity contribution in [2.45, 2.75) is 6.42 Å². The number of methoxy groups -OCH3 is 1. The van der Waals surface area contributed by atoms with E-state index in [-0.39, 0.29) is 18.2 Å². The van der Waals surface area contributed by atoms with Gasteiger partial charge in [0.05, 0.1) is 30.5 Å². The van der Waals surface area contributed by atoms with Crippen LogP contribution in [0.4, 0.5) is 5.69 Å². The Morgan fingerprint density at radius 3 is 2.73 bits per heavy atom. The second-order valence-electron chi connectivity index (χ2n) is 5.62. The molecule has 0 radical (unpaired) electrons. The molecule has 0 aliphatic rings. The van der Waals surface area contributed by atoms with Crippen molar-refractivity contribution in [1.82, 2.24) is 5.32 Å². The van der Waals surface area contributed by atoms with Gasteiger partial charge in [0.1, 0.15) is 11.3 Å². The topological polar surface area (TPSA) is 80.6 Å². The second kappa shape index (κ2) is 7.49. The molecule has 0 aliphatic carbocycles. The number of halogens is 1. The van der Waals surface area contributed by atoms with Gasteiger partial charge < -0.3 is 19.8 Å². The first kappa shape index (κ1) is 17.8. The summed E-state index contributed by atoms with van der Waals surface area (Å²) in [7, 11) is 3.11. The summed E-state index contributed by atoms with van der Waals surface area (Å²) < 4.78 is 10.7. The lowest BCUT2D eigenvalue weighted by molar-refractivity contribution is -0.115. The Kier molecular flexibility index (Phi) is 5.14. The van der Waals surface area contributed by atoms with Crippen LogP contribution in [0.5, 0.6) is 5.75 Å². The van der Waals surface area contributed by atoms with E-state index in [2.05, 4.69) is 10.6 Å². The van der Waals surface area contributed by atoms with Crippen molar-refractivity contribution in [1.29, 1.82) is 0 Å². The van der Waals surface area contributed by atoms with Crippen molar-refractivity contribution in [3.8, 4) is 5.75 Å². The molecule has 3 aromatic rings. The number of fused-ring (bicyclic) bond motifs is 1. The number of carbonyl (C=O) groups excluding carboxylic acids is 2. The van der Waals surface area contributed by atoms with Gasteiger partial charge in [0.15, 0.2) is 0 Å². The third-order valence-electron chi connectivity index (χ3n) is 3.94. The number of rotatable bonds is 5. The zero-order valence-electron chi connectivity index (χ0n) is 14.3. The molecule has 1 aromatic heterocycles. The third-order valence-corrected chi connectivity index (χ3v) is 4.27. The lowest BCUT2D eigenvalue weighted by atomic mass is 10.1. The molecule has 0 saturated carbocycles. The fourth-order valence-corrected chi connectivity index (χ4v) is 2.77. The first-order chi connectivity index (χ1) is 12.5. The third kappa shape index (κ3) is 3.65. The monoisotopic (exact) mass is 372 g/mol. The maximum absolute atomic E-state index is 12.4. The minimum absolute atomic E-state index is 0.111. The SMILES string of the molecule is CNC(=O)c1ccc(Cl)c(NC(=O)Cc2coc3cc(OC)ccc23)c1. The molecule has 0 saturated heterocycles. The number of ether oxygens (including phenoxy) is 1. The number of hydrogen-bond acceptors (Lipinski definition) is 4. The summed E-state index contributed by atoms with van der Waals surface area (Å²) in [5.41, 5.74) is 2.19. The molecule has 2 N–H and O–H groups in total. The van der Waals surface area contributed by atoms with Crippen molar-refractivity contribution in [2.75, 3.05) is 19.5 Å². The Morgan fingerprint density at radius 2 is 2.00 bits per heavy atom. The smallest absolute Gasteiger partial charge is 0.251 e. The van der Waals surface area contributed by atoms with E-state index in [1.807, 2.05) is 12.1 Å². The number of carbonyl (C=O) groups is 2. The second-order valence-corrected chi connectivity index (χ2v) is 6.03. The minimum Gasteiger partial charge on any atom is -0.497 e. The fourth-order valence-electron chi connectivity index (χ4n) is 2.60. The predicted molar refractivity (Wildman–Crippen MR) is 99.9 cm³/mol. The molecular weight excluding hydrogens is 356 g/mol. The Morgan fingerprint density at radius 1 is 1.19 bits per heavy atom. The van der Waals surface area contributed by atoms with E-state index in [4.69, 9.17) is 20.8 Å². The Balaban J connectivity index is 1.78. The Bertz CT molecular complexity index is 981. The van der Waals surface area contributed by atoms with Gasteiger partial charge in [-0.25, -0.2) is 0 Å². The minimum atomic E-state index is -0.264. The lowest BCUT2D eigenvalue weighted by Gasteiger charge is -2.09. The number of anilines is 1. The van der Waals surface area contributed by atoms with Crippen LogP contribution >= 0.6 is 11.6 Å². The van der Waals surface area contributed by atoms with E-state index in [1.54, 1.807) is 31.6 Å². The summed E-state index contributed by atoms with van der Waals surface area (Å²) in [4.78, 5) is 24.1. The van der Waals surface area contributed by atoms with Crippen LogP contribution in [0.25, 0.3) is 11.0 Å². The number of furan rings is 1. The summed E-state index contributed by atoms with van der Waals surface area (Å²) >= 11 is 6.12. The standard InChI is InChI=1S/C19H17ClN2O4/c1-21-19(24)11-3-6-15(20)16(7-11)22-18(23)8-12-10-26-17-9-13(25-2)4-5-14(12)17/h3-7,9-10H,8H2,1-2H3,(H,21,24)(H,22,23). The molecule has 0 spiro atoms. The van der Waals surface area contributed by atoms with Gasteiger partial charge in [-0.1, -0.05) is 11.6 Å². The first-order valence-electron chi connectivity index (χ1n) is 7.87. The zero-order valence-corrected chi connectivity index (χ0v) is 15.0. The Hall–Kier alpha value is -2.99. The summed E-state index contributed by atoms with van der Waals surface area (Å²) in [6.45, 7) is 0. The van der Waals surface area contributed by atoms with Gasteiger partial charge in [-0.3, -0.25) is 9.59 Å². The van der Waals surface area contributed by atoms with E-state index < -0.39 is 0 Å².